The van der Waals surface area contributed by atoms with E-state index in [2.05, 4.69) is 9.97 Å². The molecule has 2 aromatic rings. The summed E-state index contributed by atoms with van der Waals surface area (Å²) < 4.78 is 5.46. The quantitative estimate of drug-likeness (QED) is 0.905. The van der Waals surface area contributed by atoms with Gasteiger partial charge in [-0.15, -0.1) is 0 Å². The summed E-state index contributed by atoms with van der Waals surface area (Å²) in [5, 5.41) is 1.03. The fourth-order valence-corrected chi connectivity index (χ4v) is 1.87. The van der Waals surface area contributed by atoms with E-state index in [1.54, 1.807) is 12.1 Å². The molecule has 0 spiro atoms. The van der Waals surface area contributed by atoms with E-state index in [0.29, 0.717) is 16.7 Å². The Hall–Kier alpha value is -0.770. The predicted octanol–water partition coefficient (Wildman–Crippen LogP) is 3.97. The molecular weight excluding hydrogens is 247 g/mol. The third-order valence-corrected chi connectivity index (χ3v) is 3.07. The van der Waals surface area contributed by atoms with Crippen LogP contribution >= 0.6 is 23.2 Å². The first-order valence-electron chi connectivity index (χ1n) is 5.08. The van der Waals surface area contributed by atoms with E-state index in [9.17, 15) is 0 Å². The molecule has 0 amide bonds. The van der Waals surface area contributed by atoms with Gasteiger partial charge in [0, 0.05) is 6.61 Å². The summed E-state index contributed by atoms with van der Waals surface area (Å²) in [6.07, 6.45) is -0.0602. The average molecular weight is 259 g/mol. The van der Waals surface area contributed by atoms with Crippen molar-refractivity contribution in [1.82, 2.24) is 9.97 Å². The molecule has 0 saturated heterocycles. The van der Waals surface area contributed by atoms with E-state index < -0.39 is 0 Å². The second-order valence-electron chi connectivity index (χ2n) is 3.50. The Labute approximate surface area is 104 Å². The van der Waals surface area contributed by atoms with E-state index in [1.807, 2.05) is 13.8 Å². The third kappa shape index (κ3) is 2.17. The molecule has 0 fully saturated rings. The Kier molecular flexibility index (Phi) is 3.38. The van der Waals surface area contributed by atoms with Crippen molar-refractivity contribution >= 4 is 34.2 Å². The van der Waals surface area contributed by atoms with Crippen molar-refractivity contribution < 1.29 is 4.74 Å². The number of fused-ring (bicyclic) bond motifs is 1. The van der Waals surface area contributed by atoms with E-state index in [1.165, 1.54) is 0 Å². The SMILES string of the molecule is CCOC(C)c1nc2cc(Cl)c(Cl)cc2[nH]1. The van der Waals surface area contributed by atoms with Gasteiger partial charge in [-0.05, 0) is 26.0 Å². The summed E-state index contributed by atoms with van der Waals surface area (Å²) in [4.78, 5) is 7.58. The molecule has 0 aliphatic heterocycles. The van der Waals surface area contributed by atoms with E-state index in [4.69, 9.17) is 27.9 Å². The van der Waals surface area contributed by atoms with Crippen molar-refractivity contribution in [3.8, 4) is 0 Å². The molecule has 86 valence electrons. The van der Waals surface area contributed by atoms with Gasteiger partial charge in [-0.1, -0.05) is 23.2 Å². The average Bonchev–Trinajstić information content (AvgIpc) is 2.62. The number of imidazole rings is 1. The van der Waals surface area contributed by atoms with Gasteiger partial charge in [-0.2, -0.15) is 0 Å². The van der Waals surface area contributed by atoms with Gasteiger partial charge < -0.3 is 9.72 Å². The second kappa shape index (κ2) is 4.62. The maximum Gasteiger partial charge on any atom is 0.136 e. The highest BCUT2D eigenvalue weighted by Gasteiger charge is 2.11. The fourth-order valence-electron chi connectivity index (χ4n) is 1.55. The highest BCUT2D eigenvalue weighted by Crippen LogP contribution is 2.27. The monoisotopic (exact) mass is 258 g/mol. The third-order valence-electron chi connectivity index (χ3n) is 2.34. The number of halogens is 2. The standard InChI is InChI=1S/C11H12Cl2N2O/c1-3-16-6(2)11-14-9-4-7(12)8(13)5-10(9)15-11/h4-6H,3H2,1-2H3,(H,14,15). The lowest BCUT2D eigenvalue weighted by molar-refractivity contribution is 0.0709. The van der Waals surface area contributed by atoms with Crippen molar-refractivity contribution in [2.75, 3.05) is 6.61 Å². The number of hydrogen-bond acceptors (Lipinski definition) is 2. The number of ether oxygens (including phenoxy) is 1. The van der Waals surface area contributed by atoms with Crippen LogP contribution in [0.15, 0.2) is 12.1 Å². The Morgan fingerprint density at radius 2 is 2.06 bits per heavy atom. The van der Waals surface area contributed by atoms with Crippen LogP contribution in [0.25, 0.3) is 11.0 Å². The Morgan fingerprint density at radius 1 is 1.38 bits per heavy atom. The molecule has 3 nitrogen and oxygen atoms in total. The second-order valence-corrected chi connectivity index (χ2v) is 4.32. The van der Waals surface area contributed by atoms with Crippen molar-refractivity contribution in [2.45, 2.75) is 20.0 Å². The number of nitrogens with zero attached hydrogens (tertiary/aromatic N) is 1. The lowest BCUT2D eigenvalue weighted by atomic mass is 10.3. The minimum atomic E-state index is -0.0602. The van der Waals surface area contributed by atoms with Crippen LogP contribution < -0.4 is 0 Å². The Morgan fingerprint density at radius 3 is 2.75 bits per heavy atom. The topological polar surface area (TPSA) is 37.9 Å². The first-order valence-corrected chi connectivity index (χ1v) is 5.83. The Bertz CT molecular complexity index is 471. The molecular formula is C11H12Cl2N2O. The van der Waals surface area contributed by atoms with Crippen LogP contribution in [0.1, 0.15) is 25.8 Å². The fraction of sp³-hybridized carbons (Fsp3) is 0.364. The van der Waals surface area contributed by atoms with E-state index >= 15 is 0 Å². The highest BCUT2D eigenvalue weighted by molar-refractivity contribution is 6.42. The lowest BCUT2D eigenvalue weighted by Gasteiger charge is -2.06. The zero-order valence-corrected chi connectivity index (χ0v) is 10.6. The Balaban J connectivity index is 2.43. The number of aromatic nitrogens is 2. The predicted molar refractivity (Wildman–Crippen MR) is 66.2 cm³/mol. The summed E-state index contributed by atoms with van der Waals surface area (Å²) in [6.45, 7) is 4.55. The van der Waals surface area contributed by atoms with Gasteiger partial charge in [0.05, 0.1) is 21.1 Å². The van der Waals surface area contributed by atoms with Crippen LogP contribution in [0.3, 0.4) is 0 Å². The van der Waals surface area contributed by atoms with Crippen molar-refractivity contribution in [3.63, 3.8) is 0 Å². The van der Waals surface area contributed by atoms with Gasteiger partial charge in [-0.25, -0.2) is 4.98 Å². The molecule has 0 saturated carbocycles. The van der Waals surface area contributed by atoms with Crippen molar-refractivity contribution in [3.05, 3.63) is 28.0 Å². The number of benzene rings is 1. The van der Waals surface area contributed by atoms with Crippen molar-refractivity contribution in [2.24, 2.45) is 0 Å². The first-order chi connectivity index (χ1) is 7.61. The van der Waals surface area contributed by atoms with Gasteiger partial charge in [0.1, 0.15) is 11.9 Å². The molecule has 0 aliphatic rings. The van der Waals surface area contributed by atoms with Crippen molar-refractivity contribution in [1.29, 1.82) is 0 Å². The molecule has 2 rings (SSSR count). The van der Waals surface area contributed by atoms with E-state index in [0.717, 1.165) is 16.9 Å². The maximum absolute atomic E-state index is 5.93. The molecule has 16 heavy (non-hydrogen) atoms. The normalized spacial score (nSPS) is 13.2. The molecule has 0 bridgehead atoms. The minimum Gasteiger partial charge on any atom is -0.371 e. The zero-order valence-electron chi connectivity index (χ0n) is 9.05. The van der Waals surface area contributed by atoms with Crippen LogP contribution in [0.4, 0.5) is 0 Å². The van der Waals surface area contributed by atoms with Gasteiger partial charge in [0.15, 0.2) is 0 Å². The van der Waals surface area contributed by atoms with E-state index in [-0.39, 0.29) is 6.10 Å². The molecule has 1 unspecified atom stereocenters. The van der Waals surface area contributed by atoms with Crippen LogP contribution in [0.5, 0.6) is 0 Å². The minimum absolute atomic E-state index is 0.0602. The molecule has 1 N–H and O–H groups in total. The molecule has 1 aromatic carbocycles. The number of rotatable bonds is 3. The number of H-pyrrole nitrogens is 1. The molecule has 0 radical (unpaired) electrons. The molecule has 1 aromatic heterocycles. The largest absolute Gasteiger partial charge is 0.371 e. The van der Waals surface area contributed by atoms with Crippen LogP contribution in [-0.4, -0.2) is 16.6 Å². The molecule has 5 heteroatoms. The summed E-state index contributed by atoms with van der Waals surface area (Å²) in [6, 6.07) is 3.52. The smallest absolute Gasteiger partial charge is 0.136 e. The first kappa shape index (κ1) is 11.7. The summed E-state index contributed by atoms with van der Waals surface area (Å²) >= 11 is 11.8. The lowest BCUT2D eigenvalue weighted by Crippen LogP contribution is -2.01. The van der Waals surface area contributed by atoms with Crippen LogP contribution in [0, 0.1) is 0 Å². The number of aromatic amines is 1. The highest BCUT2D eigenvalue weighted by atomic mass is 35.5. The zero-order chi connectivity index (χ0) is 11.7. The molecule has 1 atom stereocenters. The van der Waals surface area contributed by atoms with Crippen LogP contribution in [-0.2, 0) is 4.74 Å². The maximum atomic E-state index is 5.93. The van der Waals surface area contributed by atoms with Crippen LogP contribution in [0.2, 0.25) is 10.0 Å². The molecule has 1 heterocycles. The van der Waals surface area contributed by atoms with Gasteiger partial charge >= 0.3 is 0 Å². The van der Waals surface area contributed by atoms with Gasteiger partial charge in [0.2, 0.25) is 0 Å². The summed E-state index contributed by atoms with van der Waals surface area (Å²) in [5.74, 6) is 0.787. The summed E-state index contributed by atoms with van der Waals surface area (Å²) in [5.41, 5.74) is 1.67. The number of nitrogens with one attached hydrogen (secondary N) is 1. The van der Waals surface area contributed by atoms with Gasteiger partial charge in [-0.3, -0.25) is 0 Å². The summed E-state index contributed by atoms with van der Waals surface area (Å²) in [7, 11) is 0. The van der Waals surface area contributed by atoms with Gasteiger partial charge in [0.25, 0.3) is 0 Å². The molecule has 0 aliphatic carbocycles. The number of hydrogen-bond donors (Lipinski definition) is 1.